The van der Waals surface area contributed by atoms with Crippen LogP contribution in [0.1, 0.15) is 220 Å². The highest BCUT2D eigenvalue weighted by Crippen LogP contribution is 2.43. The van der Waals surface area contributed by atoms with Crippen molar-refractivity contribution in [3.8, 4) is 35.2 Å². The van der Waals surface area contributed by atoms with Gasteiger partial charge in [0.15, 0.2) is 0 Å². The Morgan fingerprint density at radius 2 is 0.885 bits per heavy atom. The van der Waals surface area contributed by atoms with Gasteiger partial charge in [0, 0.05) is 28.5 Å². The lowest BCUT2D eigenvalue weighted by molar-refractivity contribution is 0.0650. The first kappa shape index (κ1) is 59.5. The number of carbonyl (C=O) groups excluding carboxylic acids is 2. The van der Waals surface area contributed by atoms with Crippen molar-refractivity contribution in [3.05, 3.63) is 164 Å². The number of amides is 2. The zero-order valence-corrected chi connectivity index (χ0v) is 48.3. The average molecular weight is 1050 g/mol. The van der Waals surface area contributed by atoms with Gasteiger partial charge in [-0.2, -0.15) is 0 Å². The van der Waals surface area contributed by atoms with Crippen LogP contribution < -0.4 is 15.2 Å². The molecule has 0 atom stereocenters. The van der Waals surface area contributed by atoms with Gasteiger partial charge in [0.1, 0.15) is 22.7 Å². The van der Waals surface area contributed by atoms with E-state index in [1.54, 1.807) is 24.3 Å². The van der Waals surface area contributed by atoms with E-state index >= 15 is 0 Å². The smallest absolute Gasteiger partial charge is 0.261 e. The van der Waals surface area contributed by atoms with E-state index < -0.39 is 11.2 Å². The second-order valence-corrected chi connectivity index (χ2v) is 22.5. The van der Waals surface area contributed by atoms with E-state index in [1.807, 2.05) is 0 Å². The maximum Gasteiger partial charge on any atom is 0.261 e. The van der Waals surface area contributed by atoms with Crippen molar-refractivity contribution in [3.63, 3.8) is 0 Å². The number of hydrogen-bond donors (Lipinski definition) is 3. The quantitative estimate of drug-likeness (QED) is 0.0380. The molecule has 0 bridgehead atoms. The van der Waals surface area contributed by atoms with Crippen molar-refractivity contribution >= 4 is 11.8 Å². The summed E-state index contributed by atoms with van der Waals surface area (Å²) in [6.07, 6.45) is 17.0. The molecule has 0 unspecified atom stereocenters. The van der Waals surface area contributed by atoms with Crippen LogP contribution in [-0.4, -0.2) is 64.4 Å². The van der Waals surface area contributed by atoms with Crippen LogP contribution in [0.5, 0.6) is 11.5 Å². The maximum atomic E-state index is 12.6. The van der Waals surface area contributed by atoms with Crippen LogP contribution in [0.2, 0.25) is 0 Å². The second-order valence-electron chi connectivity index (χ2n) is 22.5. The van der Waals surface area contributed by atoms with Crippen LogP contribution in [-0.2, 0) is 10.8 Å². The molecule has 8 nitrogen and oxygen atoms in total. The zero-order valence-electron chi connectivity index (χ0n) is 48.3. The third-order valence-electron chi connectivity index (χ3n) is 17.4. The number of ether oxygens (including phenoxy) is 2. The third-order valence-corrected chi connectivity index (χ3v) is 17.4. The van der Waals surface area contributed by atoms with Gasteiger partial charge in [0.2, 0.25) is 0 Å². The van der Waals surface area contributed by atoms with E-state index in [2.05, 4.69) is 152 Å². The molecular formula is C70H88N2O6. The summed E-state index contributed by atoms with van der Waals surface area (Å²) in [5.74, 6) is 14.4. The van der Waals surface area contributed by atoms with Crippen molar-refractivity contribution in [2.75, 3.05) is 26.3 Å². The molecule has 4 N–H and O–H groups in total. The molecular weight excluding hydrogens is 965 g/mol. The van der Waals surface area contributed by atoms with E-state index in [0.29, 0.717) is 24.3 Å². The van der Waals surface area contributed by atoms with Gasteiger partial charge < -0.3 is 25.4 Å². The van der Waals surface area contributed by atoms with E-state index in [-0.39, 0.29) is 22.6 Å². The second kappa shape index (κ2) is 27.1. The number of aryl methyl sites for hydroxylation is 4. The predicted octanol–water partition coefficient (Wildman–Crippen LogP) is 14.5. The van der Waals surface area contributed by atoms with E-state index in [4.69, 9.17) is 15.2 Å². The van der Waals surface area contributed by atoms with E-state index in [9.17, 15) is 19.8 Å². The fraction of sp³-hybridized carbons (Fsp3) is 0.486. The number of nitrogens with two attached hydrogens (primary N) is 1. The molecule has 2 aliphatic carbocycles. The summed E-state index contributed by atoms with van der Waals surface area (Å²) in [7, 11) is 0. The van der Waals surface area contributed by atoms with Crippen LogP contribution in [0.15, 0.2) is 97.1 Å². The molecule has 1 aliphatic heterocycles. The number of rotatable bonds is 21. The molecule has 2 fully saturated rings. The first-order chi connectivity index (χ1) is 37.6. The number of nitrogens with zero attached hydrogens (tertiary/aromatic N) is 1. The number of carbonyl (C=O) groups is 2. The Labute approximate surface area is 467 Å². The van der Waals surface area contributed by atoms with Gasteiger partial charge in [-0.3, -0.25) is 14.5 Å². The van der Waals surface area contributed by atoms with E-state index in [0.717, 1.165) is 162 Å². The summed E-state index contributed by atoms with van der Waals surface area (Å²) < 4.78 is 12.2. The average Bonchev–Trinajstić information content (AvgIpc) is 4.24. The maximum absolute atomic E-state index is 12.6. The molecule has 1 heterocycles. The Morgan fingerprint density at radius 3 is 1.24 bits per heavy atom. The predicted molar refractivity (Wildman–Crippen MR) is 318 cm³/mol. The topological polar surface area (TPSA) is 122 Å². The molecule has 0 aromatic heterocycles. The fourth-order valence-corrected chi connectivity index (χ4v) is 12.2. The van der Waals surface area contributed by atoms with Crippen LogP contribution in [0.4, 0.5) is 0 Å². The molecule has 0 saturated heterocycles. The lowest BCUT2D eigenvalue weighted by atomic mass is 9.70. The van der Waals surface area contributed by atoms with Crippen molar-refractivity contribution in [1.82, 2.24) is 4.90 Å². The highest BCUT2D eigenvalue weighted by atomic mass is 16.5. The molecule has 8 rings (SSSR count). The van der Waals surface area contributed by atoms with Gasteiger partial charge in [-0.25, -0.2) is 0 Å². The molecule has 3 aliphatic rings. The third kappa shape index (κ3) is 13.8. The molecule has 414 valence electrons. The standard InChI is InChI=1S/C39H45NO4.C31H43NO2/c1-5-39(6-2,31-17-16-30(28(3)26-31)20-23-38(43)21-10-11-22-38)32-18-19-35(29(4)27-32)44-25-13-7-12-24-40-36(41)33-14-8-9-15-34(33)37(40)42;1-5-31(6-2,28-14-15-29(25(4)23-28)34-21-11-7-10-20-32)27-13-12-26(24(3)22-27)16-19-30(33)17-8-9-18-30/h8-9,14-19,26-27,43H,5-7,10-13,21-22,24-25H2,1-4H3;12-15,22-23,33H,5-11,17-18,20-21,32H2,1-4H3. The summed E-state index contributed by atoms with van der Waals surface area (Å²) >= 11 is 0. The van der Waals surface area contributed by atoms with Crippen LogP contribution in [0.25, 0.3) is 0 Å². The van der Waals surface area contributed by atoms with Gasteiger partial charge in [-0.1, -0.05) is 112 Å². The Bertz CT molecular complexity index is 2950. The van der Waals surface area contributed by atoms with Gasteiger partial charge in [-0.05, 0) is 231 Å². The fourth-order valence-electron chi connectivity index (χ4n) is 12.2. The molecule has 2 saturated carbocycles. The molecule has 5 aromatic carbocycles. The Balaban J connectivity index is 0.000000234. The number of unbranched alkanes of at least 4 members (excludes halogenated alkanes) is 4. The first-order valence-corrected chi connectivity index (χ1v) is 29.4. The SMILES string of the molecule is CCC(CC)(c1ccc(C#CC2(O)CCCC2)c(C)c1)c1ccc(OCCCCCN)c(C)c1.CCC(CC)(c1ccc(C#CC2(O)CCCC2)c(C)c1)c1ccc(OCCCCCN2C(=O)c3ccccc3C2=O)c(C)c1. The lowest BCUT2D eigenvalue weighted by Gasteiger charge is -2.34. The van der Waals surface area contributed by atoms with Crippen molar-refractivity contribution in [2.24, 2.45) is 5.73 Å². The zero-order chi connectivity index (χ0) is 55.9. The van der Waals surface area contributed by atoms with Crippen molar-refractivity contribution in [2.45, 2.75) is 193 Å². The van der Waals surface area contributed by atoms with Gasteiger partial charge >= 0.3 is 0 Å². The van der Waals surface area contributed by atoms with Gasteiger partial charge in [0.25, 0.3) is 11.8 Å². The molecule has 5 aromatic rings. The lowest BCUT2D eigenvalue weighted by Crippen LogP contribution is -2.30. The van der Waals surface area contributed by atoms with Gasteiger partial charge in [0.05, 0.1) is 24.3 Å². The largest absolute Gasteiger partial charge is 0.493 e. The summed E-state index contributed by atoms with van der Waals surface area (Å²) in [5.41, 5.74) is 16.7. The molecule has 0 spiro atoms. The summed E-state index contributed by atoms with van der Waals surface area (Å²) in [4.78, 5) is 26.5. The minimum absolute atomic E-state index is 0.0508. The van der Waals surface area contributed by atoms with Crippen molar-refractivity contribution in [1.29, 1.82) is 0 Å². The summed E-state index contributed by atoms with van der Waals surface area (Å²) in [6.45, 7) is 20.1. The number of fused-ring (bicyclic) bond motifs is 1. The molecule has 8 heteroatoms. The molecule has 78 heavy (non-hydrogen) atoms. The Morgan fingerprint density at radius 1 is 0.513 bits per heavy atom. The highest BCUT2D eigenvalue weighted by Gasteiger charge is 2.36. The molecule has 0 radical (unpaired) electrons. The van der Waals surface area contributed by atoms with Crippen molar-refractivity contribution < 1.29 is 29.3 Å². The number of benzene rings is 5. The summed E-state index contributed by atoms with van der Waals surface area (Å²) in [5, 5.41) is 21.3. The Hall–Kier alpha value is -6.16. The highest BCUT2D eigenvalue weighted by molar-refractivity contribution is 6.21. The minimum atomic E-state index is -0.829. The number of hydrogen-bond acceptors (Lipinski definition) is 7. The van der Waals surface area contributed by atoms with E-state index in [1.165, 1.54) is 38.3 Å². The summed E-state index contributed by atoms with van der Waals surface area (Å²) in [6, 6.07) is 33.6. The minimum Gasteiger partial charge on any atom is -0.493 e. The van der Waals surface area contributed by atoms with Crippen LogP contribution >= 0.6 is 0 Å². The van der Waals surface area contributed by atoms with Crippen LogP contribution in [0, 0.1) is 51.4 Å². The van der Waals surface area contributed by atoms with Crippen LogP contribution in [0.3, 0.4) is 0 Å². The monoisotopic (exact) mass is 1050 g/mol. The number of imide groups is 1. The first-order valence-electron chi connectivity index (χ1n) is 29.4. The Kier molecular flexibility index (Phi) is 20.7. The normalized spacial score (nSPS) is 15.4. The molecule has 2 amide bonds. The van der Waals surface area contributed by atoms with Gasteiger partial charge in [-0.15, -0.1) is 0 Å². The number of aliphatic hydroxyl groups is 2.